The molecule has 20 aromatic rings. The van der Waals surface area contributed by atoms with Crippen molar-refractivity contribution in [2.45, 2.75) is 10.8 Å². The van der Waals surface area contributed by atoms with Crippen molar-refractivity contribution in [3.63, 3.8) is 0 Å². The molecule has 0 radical (unpaired) electrons. The highest BCUT2D eigenvalue weighted by Crippen LogP contribution is 2.60. The van der Waals surface area contributed by atoms with E-state index in [2.05, 4.69) is 411 Å². The third-order valence-electron chi connectivity index (χ3n) is 27.3. The summed E-state index contributed by atoms with van der Waals surface area (Å²) in [6, 6.07) is 173. The van der Waals surface area contributed by atoms with Crippen LogP contribution in [0, 0.1) is 11.6 Å². The van der Waals surface area contributed by atoms with Crippen LogP contribution >= 0.6 is 0 Å². The Hall–Kier alpha value is -16.8. The van der Waals surface area contributed by atoms with Crippen LogP contribution in [-0.4, -0.2) is 8.07 Å². The first kappa shape index (κ1) is 80.7. The van der Waals surface area contributed by atoms with Crippen molar-refractivity contribution in [2.24, 2.45) is 0 Å². The maximum absolute atomic E-state index is 14.5. The van der Waals surface area contributed by atoms with E-state index in [1.165, 1.54) is 67.3 Å². The monoisotopic (exact) mass is 1720 g/mol. The highest BCUT2D eigenvalue weighted by Gasteiger charge is 2.51. The van der Waals surface area contributed by atoms with Crippen LogP contribution in [0.4, 0.5) is 42.9 Å². The quantitative estimate of drug-likeness (QED) is 0.0632. The first-order valence-electron chi connectivity index (χ1n) is 45.1. The molecule has 0 saturated carbocycles. The summed E-state index contributed by atoms with van der Waals surface area (Å²) in [6.45, 7) is 7.97. The van der Waals surface area contributed by atoms with Gasteiger partial charge in [0.05, 0.1) is 10.8 Å². The van der Waals surface area contributed by atoms with E-state index in [4.69, 9.17) is 9.47 Å². The molecule has 133 heavy (non-hydrogen) atoms. The molecule has 2 aliphatic carbocycles. The second kappa shape index (κ2) is 33.7. The topological polar surface area (TPSA) is 24.9 Å². The molecular formula is C126H86F2N2O2Si. The molecule has 0 spiro atoms. The normalized spacial score (nSPS) is 14.4. The Labute approximate surface area is 775 Å². The number of halogens is 2. The Kier molecular flexibility index (Phi) is 20.4. The molecule has 1 heterocycles. The molecule has 630 valence electrons. The van der Waals surface area contributed by atoms with Crippen molar-refractivity contribution in [3.05, 3.63) is 566 Å². The summed E-state index contributed by atoms with van der Waals surface area (Å²) in [5.41, 5.74) is 30.4. The van der Waals surface area contributed by atoms with E-state index in [1.807, 2.05) is 84.9 Å². The molecule has 0 saturated heterocycles. The molecule has 2 atom stereocenters. The van der Waals surface area contributed by atoms with Gasteiger partial charge in [0.15, 0.2) is 8.07 Å². The van der Waals surface area contributed by atoms with Gasteiger partial charge in [-0.05, 0) is 312 Å². The molecule has 20 aromatic carbocycles. The standard InChI is InChI=1S/C126H86F2N2O2Si/c1-3-85-39-67-107(68-40-85)131-109-71-51-97(52-72-109)125(95-27-9-5-10-28-95)119-37-19-17-35-113(119)115-75-63-105(83-121(115)125)129(101-59-47-89(48-60-101)93-25-21-23-91(79-93)87-43-55-99(127)56-44-87)103-65-77-123-117(81-103)118-82-104(66-78-124(118)133(123,111-31-13-7-14-32-111)112-33-15-8-16-34-112)130(102-61-49-90(50-62-102)94-26-22-24-92(80-94)88-45-57-100(128)58-46-88)106-64-76-116-114-36-18-20-38-120(114)126(122(116)84-106,96-29-11-6-12-30-96)98-53-73-110(74-54-98)132-108-69-41-86(4-2)42-70-108/h3-84H,1-2H2. The Morgan fingerprint density at radius 3 is 0.857 bits per heavy atom. The Bertz CT molecular complexity index is 7340. The van der Waals surface area contributed by atoms with Crippen molar-refractivity contribution in [1.82, 2.24) is 0 Å². The number of hydrogen-bond acceptors (Lipinski definition) is 4. The molecule has 2 unspecified atom stereocenters. The molecule has 0 bridgehead atoms. The summed E-state index contributed by atoms with van der Waals surface area (Å²) >= 11 is 0. The number of nitrogens with zero attached hydrogens (tertiary/aromatic N) is 2. The van der Waals surface area contributed by atoms with Crippen LogP contribution in [-0.2, 0) is 10.8 Å². The molecule has 0 amide bonds. The second-order valence-electron chi connectivity index (χ2n) is 34.5. The lowest BCUT2D eigenvalue weighted by atomic mass is 9.67. The molecule has 0 aromatic heterocycles. The van der Waals surface area contributed by atoms with E-state index in [0.717, 1.165) is 168 Å². The molecule has 3 aliphatic rings. The largest absolute Gasteiger partial charge is 0.457 e. The summed E-state index contributed by atoms with van der Waals surface area (Å²) in [7, 11) is -3.26. The van der Waals surface area contributed by atoms with Gasteiger partial charge in [-0.1, -0.05) is 353 Å². The van der Waals surface area contributed by atoms with Gasteiger partial charge in [0.1, 0.15) is 34.6 Å². The maximum Gasteiger partial charge on any atom is 0.180 e. The number of benzene rings is 20. The Balaban J connectivity index is 0.735. The molecule has 4 nitrogen and oxygen atoms in total. The summed E-state index contributed by atoms with van der Waals surface area (Å²) in [6.07, 6.45) is 3.68. The minimum absolute atomic E-state index is 0.270. The number of anilines is 6. The van der Waals surface area contributed by atoms with E-state index < -0.39 is 18.9 Å². The minimum atomic E-state index is -3.26. The van der Waals surface area contributed by atoms with Gasteiger partial charge in [0, 0.05) is 34.1 Å². The molecule has 1 aliphatic heterocycles. The predicted molar refractivity (Wildman–Crippen MR) is 548 cm³/mol. The van der Waals surface area contributed by atoms with Crippen LogP contribution in [0.3, 0.4) is 0 Å². The Morgan fingerprint density at radius 2 is 0.504 bits per heavy atom. The average Bonchev–Trinajstić information content (AvgIpc) is 1.55. The van der Waals surface area contributed by atoms with Gasteiger partial charge in [-0.3, -0.25) is 0 Å². The first-order valence-corrected chi connectivity index (χ1v) is 47.1. The van der Waals surface area contributed by atoms with Crippen LogP contribution < -0.4 is 40.0 Å². The van der Waals surface area contributed by atoms with Gasteiger partial charge in [0.2, 0.25) is 0 Å². The summed E-state index contributed by atoms with van der Waals surface area (Å²) in [5.74, 6) is 2.41. The van der Waals surface area contributed by atoms with E-state index in [-0.39, 0.29) is 11.6 Å². The van der Waals surface area contributed by atoms with Crippen molar-refractivity contribution in [3.8, 4) is 101 Å². The summed E-state index contributed by atoms with van der Waals surface area (Å²) in [4.78, 5) is 4.94. The lowest BCUT2D eigenvalue weighted by Crippen LogP contribution is -2.72. The molecule has 0 N–H and O–H groups in total. The van der Waals surface area contributed by atoms with Gasteiger partial charge in [-0.2, -0.15) is 0 Å². The maximum atomic E-state index is 14.5. The second-order valence-corrected chi connectivity index (χ2v) is 38.2. The van der Waals surface area contributed by atoms with E-state index in [0.29, 0.717) is 0 Å². The summed E-state index contributed by atoms with van der Waals surface area (Å²) < 4.78 is 42.2. The van der Waals surface area contributed by atoms with E-state index in [1.54, 1.807) is 0 Å². The van der Waals surface area contributed by atoms with Crippen LogP contribution in [0.25, 0.3) is 90.0 Å². The van der Waals surface area contributed by atoms with Crippen molar-refractivity contribution >= 4 is 75.1 Å². The number of ether oxygens (including phenoxy) is 2. The van der Waals surface area contributed by atoms with Gasteiger partial charge in [-0.15, -0.1) is 0 Å². The van der Waals surface area contributed by atoms with Gasteiger partial charge >= 0.3 is 0 Å². The van der Waals surface area contributed by atoms with E-state index >= 15 is 0 Å². The average molecular weight is 1730 g/mol. The zero-order chi connectivity index (χ0) is 89.1. The highest BCUT2D eigenvalue weighted by atomic mass is 28.3. The van der Waals surface area contributed by atoms with Gasteiger partial charge < -0.3 is 19.3 Å². The number of fused-ring (bicyclic) bond motifs is 9. The third-order valence-corrected chi connectivity index (χ3v) is 32.2. The van der Waals surface area contributed by atoms with Gasteiger partial charge in [0.25, 0.3) is 0 Å². The predicted octanol–water partition coefficient (Wildman–Crippen LogP) is 30.5. The van der Waals surface area contributed by atoms with Crippen LogP contribution in [0.15, 0.2) is 498 Å². The van der Waals surface area contributed by atoms with Crippen molar-refractivity contribution in [1.29, 1.82) is 0 Å². The van der Waals surface area contributed by atoms with E-state index in [9.17, 15) is 8.78 Å². The zero-order valence-corrected chi connectivity index (χ0v) is 73.7. The lowest BCUT2D eigenvalue weighted by Gasteiger charge is -2.35. The van der Waals surface area contributed by atoms with Crippen molar-refractivity contribution < 1.29 is 18.3 Å². The first-order chi connectivity index (χ1) is 65.6. The number of hydrogen-bond donors (Lipinski definition) is 0. The minimum Gasteiger partial charge on any atom is -0.457 e. The molecular weight excluding hydrogens is 1640 g/mol. The molecule has 0 fully saturated rings. The fourth-order valence-corrected chi connectivity index (χ4v) is 26.4. The molecule has 23 rings (SSSR count). The fraction of sp³-hybridized carbons (Fsp3) is 0.0159. The zero-order valence-electron chi connectivity index (χ0n) is 72.7. The molecule has 7 heteroatoms. The smallest absolute Gasteiger partial charge is 0.180 e. The van der Waals surface area contributed by atoms with Gasteiger partial charge in [-0.25, -0.2) is 8.78 Å². The number of rotatable bonds is 22. The summed E-state index contributed by atoms with van der Waals surface area (Å²) in [5, 5.41) is 5.13. The van der Waals surface area contributed by atoms with Crippen LogP contribution in [0.1, 0.15) is 55.6 Å². The fourth-order valence-electron chi connectivity index (χ4n) is 21.2. The van der Waals surface area contributed by atoms with Crippen LogP contribution in [0.5, 0.6) is 23.0 Å². The van der Waals surface area contributed by atoms with Crippen molar-refractivity contribution in [2.75, 3.05) is 9.80 Å². The SMILES string of the molecule is C=Cc1ccc(Oc2ccc(C3(c4ccccc4)c4ccccc4-c4ccc(N(c5ccc(-c6cccc(-c7ccc(F)cc7)c6)cc5)c5ccc6c(c5)-c5cc(N(c7ccc(-c8cccc(-c9ccc(F)cc9)c8)cc7)c7ccc8c(c7)C(c7ccccc7)(c7ccc(Oc9ccc(C=C)cc9)cc7)c7ccccc7-8)ccc5[Si]6(c5ccccc5)c5ccccc5)cc43)cc2)cc1. The lowest BCUT2D eigenvalue weighted by molar-refractivity contribution is 0.482. The third kappa shape index (κ3) is 13.9. The van der Waals surface area contributed by atoms with Crippen LogP contribution in [0.2, 0.25) is 0 Å². The Morgan fingerprint density at radius 1 is 0.218 bits per heavy atom. The highest BCUT2D eigenvalue weighted by molar-refractivity contribution is 7.22.